The summed E-state index contributed by atoms with van der Waals surface area (Å²) in [6.45, 7) is 0. The Morgan fingerprint density at radius 2 is 1.89 bits per heavy atom. The number of para-hydroxylation sites is 1. The lowest BCUT2D eigenvalue weighted by molar-refractivity contribution is -0.144. The summed E-state index contributed by atoms with van der Waals surface area (Å²) in [6.07, 6.45) is 5.98. The Morgan fingerprint density at radius 3 is 2.61 bits per heavy atom. The van der Waals surface area contributed by atoms with Crippen LogP contribution < -0.4 is 0 Å². The van der Waals surface area contributed by atoms with Crippen LogP contribution in [0.3, 0.4) is 0 Å². The first-order valence-electron chi connectivity index (χ1n) is 9.32. The summed E-state index contributed by atoms with van der Waals surface area (Å²) in [4.78, 5) is 26.7. The molecule has 0 radical (unpaired) electrons. The maximum Gasteiger partial charge on any atom is 0.330 e. The Kier molecular flexibility index (Phi) is 4.49. The molecule has 4 rings (SSSR count). The highest BCUT2D eigenvalue weighted by Crippen LogP contribution is 2.53. The van der Waals surface area contributed by atoms with Crippen molar-refractivity contribution < 1.29 is 19.1 Å². The summed E-state index contributed by atoms with van der Waals surface area (Å²) in [5.41, 5.74) is 4.22. The molecule has 6 heteroatoms. The third-order valence-corrected chi connectivity index (χ3v) is 6.04. The van der Waals surface area contributed by atoms with Crippen molar-refractivity contribution in [2.24, 2.45) is 13.0 Å². The largest absolute Gasteiger partial charge is 0.468 e. The number of esters is 2. The van der Waals surface area contributed by atoms with Gasteiger partial charge in [-0.25, -0.2) is 4.79 Å². The Morgan fingerprint density at radius 1 is 1.14 bits per heavy atom. The quantitative estimate of drug-likeness (QED) is 0.605. The van der Waals surface area contributed by atoms with Crippen LogP contribution in [-0.2, 0) is 26.1 Å². The number of benzene rings is 1. The Bertz CT molecular complexity index is 1020. The van der Waals surface area contributed by atoms with Gasteiger partial charge in [0.25, 0.3) is 0 Å². The normalized spacial score (nSPS) is 23.5. The maximum absolute atomic E-state index is 12.9. The molecule has 2 bridgehead atoms. The van der Waals surface area contributed by atoms with Crippen LogP contribution in [0.25, 0.3) is 10.9 Å². The van der Waals surface area contributed by atoms with Gasteiger partial charge in [-0.05, 0) is 18.1 Å². The number of ether oxygens (including phenoxy) is 2. The van der Waals surface area contributed by atoms with Gasteiger partial charge in [0.15, 0.2) is 0 Å². The summed E-state index contributed by atoms with van der Waals surface area (Å²) >= 11 is 0. The number of carbonyl (C=O) groups excluding carboxylic acids is 2. The lowest BCUT2D eigenvalue weighted by Crippen LogP contribution is -2.39. The van der Waals surface area contributed by atoms with Crippen LogP contribution >= 0.6 is 0 Å². The topological polar surface area (TPSA) is 60.8 Å². The molecule has 0 amide bonds. The van der Waals surface area contributed by atoms with E-state index in [1.54, 1.807) is 6.08 Å². The molecule has 1 aliphatic heterocycles. The van der Waals surface area contributed by atoms with Gasteiger partial charge in [0, 0.05) is 54.4 Å². The third kappa shape index (κ3) is 2.63. The molecule has 1 aliphatic carbocycles. The fraction of sp³-hybridized carbons (Fsp3) is 0.364. The summed E-state index contributed by atoms with van der Waals surface area (Å²) in [7, 11) is 6.83. The van der Waals surface area contributed by atoms with E-state index in [0.29, 0.717) is 0 Å². The Hall–Kier alpha value is -3.02. The minimum absolute atomic E-state index is 0.0648. The molecule has 1 aromatic carbocycles. The zero-order chi connectivity index (χ0) is 20.0. The molecule has 2 aliphatic rings. The van der Waals surface area contributed by atoms with Crippen molar-refractivity contribution in [1.29, 1.82) is 0 Å². The molecule has 0 saturated carbocycles. The molecule has 28 heavy (non-hydrogen) atoms. The average molecular weight is 380 g/mol. The van der Waals surface area contributed by atoms with Crippen LogP contribution in [0.4, 0.5) is 0 Å². The van der Waals surface area contributed by atoms with Crippen LogP contribution in [0.2, 0.25) is 0 Å². The number of aryl methyl sites for hydroxylation is 1. The first-order chi connectivity index (χ1) is 13.5. The van der Waals surface area contributed by atoms with Gasteiger partial charge in [-0.2, -0.15) is 0 Å². The molecule has 0 saturated heterocycles. The molecule has 146 valence electrons. The fourth-order valence-electron chi connectivity index (χ4n) is 4.77. The number of carbonyl (C=O) groups is 2. The number of hydrogen-bond donors (Lipinski definition) is 0. The van der Waals surface area contributed by atoms with Gasteiger partial charge >= 0.3 is 11.9 Å². The van der Waals surface area contributed by atoms with Crippen LogP contribution in [0.1, 0.15) is 29.6 Å². The van der Waals surface area contributed by atoms with Crippen molar-refractivity contribution in [1.82, 2.24) is 9.47 Å². The number of rotatable bonds is 3. The monoisotopic (exact) mass is 380 g/mol. The first-order valence-corrected chi connectivity index (χ1v) is 9.32. The van der Waals surface area contributed by atoms with Crippen LogP contribution in [-0.4, -0.2) is 42.7 Å². The van der Waals surface area contributed by atoms with E-state index in [0.717, 1.165) is 23.2 Å². The number of allylic oxidation sites excluding steroid dienone is 2. The van der Waals surface area contributed by atoms with Crippen molar-refractivity contribution in [2.45, 2.75) is 18.4 Å². The number of fused-ring (bicyclic) bond motifs is 6. The minimum atomic E-state index is -0.420. The Labute approximate surface area is 164 Å². The Balaban J connectivity index is 1.92. The lowest BCUT2D eigenvalue weighted by atomic mass is 9.70. The van der Waals surface area contributed by atoms with Gasteiger partial charge in [-0.15, -0.1) is 0 Å². The van der Waals surface area contributed by atoms with E-state index in [1.165, 1.54) is 31.2 Å². The van der Waals surface area contributed by atoms with E-state index in [9.17, 15) is 9.59 Å². The molecule has 0 spiro atoms. The summed E-state index contributed by atoms with van der Waals surface area (Å²) in [5.74, 6) is -1.15. The molecule has 2 aromatic rings. The van der Waals surface area contributed by atoms with Gasteiger partial charge in [0.2, 0.25) is 0 Å². The predicted molar refractivity (Wildman–Crippen MR) is 106 cm³/mol. The van der Waals surface area contributed by atoms with Crippen LogP contribution in [0, 0.1) is 5.92 Å². The van der Waals surface area contributed by atoms with Crippen LogP contribution in [0.15, 0.2) is 48.2 Å². The smallest absolute Gasteiger partial charge is 0.330 e. The van der Waals surface area contributed by atoms with Gasteiger partial charge in [-0.3, -0.25) is 4.79 Å². The molecular weight excluding hydrogens is 356 g/mol. The van der Waals surface area contributed by atoms with E-state index >= 15 is 0 Å². The van der Waals surface area contributed by atoms with E-state index < -0.39 is 11.9 Å². The number of hydrogen-bond acceptors (Lipinski definition) is 5. The zero-order valence-corrected chi connectivity index (χ0v) is 16.5. The summed E-state index contributed by atoms with van der Waals surface area (Å²) in [6, 6.07) is 8.41. The first kappa shape index (κ1) is 18.3. The van der Waals surface area contributed by atoms with E-state index in [-0.39, 0.29) is 17.9 Å². The van der Waals surface area contributed by atoms with Crippen molar-refractivity contribution in [3.05, 3.63) is 59.4 Å². The highest BCUT2D eigenvalue weighted by Gasteiger charge is 2.47. The van der Waals surface area contributed by atoms with Crippen LogP contribution in [0.5, 0.6) is 0 Å². The van der Waals surface area contributed by atoms with E-state index in [1.807, 2.05) is 32.4 Å². The van der Waals surface area contributed by atoms with Gasteiger partial charge in [0.1, 0.15) is 5.92 Å². The van der Waals surface area contributed by atoms with Gasteiger partial charge in [0.05, 0.1) is 20.3 Å². The van der Waals surface area contributed by atoms with E-state index in [2.05, 4.69) is 21.6 Å². The van der Waals surface area contributed by atoms with Crippen molar-refractivity contribution in [3.63, 3.8) is 0 Å². The molecule has 2 heterocycles. The van der Waals surface area contributed by atoms with Crippen molar-refractivity contribution in [2.75, 3.05) is 21.3 Å². The second kappa shape index (κ2) is 6.86. The molecule has 3 atom stereocenters. The zero-order valence-electron chi connectivity index (χ0n) is 16.5. The molecule has 0 unspecified atom stereocenters. The third-order valence-electron chi connectivity index (χ3n) is 6.04. The van der Waals surface area contributed by atoms with Gasteiger partial charge < -0.3 is 18.9 Å². The fourth-order valence-corrected chi connectivity index (χ4v) is 4.77. The molecule has 6 nitrogen and oxygen atoms in total. The molecule has 0 fully saturated rings. The highest BCUT2D eigenvalue weighted by molar-refractivity contribution is 5.91. The molecular formula is C22H24N2O4. The van der Waals surface area contributed by atoms with E-state index in [4.69, 9.17) is 9.47 Å². The highest BCUT2D eigenvalue weighted by atomic mass is 16.5. The minimum Gasteiger partial charge on any atom is -0.468 e. The number of nitrogens with zero attached hydrogens (tertiary/aromatic N) is 2. The number of aromatic nitrogens is 1. The van der Waals surface area contributed by atoms with Gasteiger partial charge in [-0.1, -0.05) is 24.3 Å². The lowest BCUT2D eigenvalue weighted by Gasteiger charge is -2.44. The number of methoxy groups -OCH3 is 2. The second-order valence-corrected chi connectivity index (χ2v) is 7.38. The average Bonchev–Trinajstić information content (AvgIpc) is 3.01. The van der Waals surface area contributed by atoms with Crippen molar-refractivity contribution >= 4 is 22.8 Å². The molecule has 1 aromatic heterocycles. The summed E-state index contributed by atoms with van der Waals surface area (Å²) in [5, 5.41) is 1.17. The SMILES string of the molecule is COC(=O)/C=C/C1=CN(C)[C@H]2C[C@@H]1[C@H](C(=O)OC)c1c2c2ccccc2n1C. The summed E-state index contributed by atoms with van der Waals surface area (Å²) < 4.78 is 12.0. The second-order valence-electron chi connectivity index (χ2n) is 7.38. The van der Waals surface area contributed by atoms with Crippen molar-refractivity contribution in [3.8, 4) is 0 Å². The molecule has 0 N–H and O–H groups in total. The standard InChI is InChI=1S/C22H24N2O4/c1-23-12-13(9-10-18(25)27-3)15-11-17(23)19-14-7-5-6-8-16(14)24(2)21(19)20(15)22(26)28-4/h5-10,12,15,17,20H,11H2,1-4H3/b10-9+/t15-,17-,20-/m0/s1. The predicted octanol–water partition coefficient (Wildman–Crippen LogP) is 3.05. The maximum atomic E-state index is 12.9.